The summed E-state index contributed by atoms with van der Waals surface area (Å²) in [5.74, 6) is 0.958. The summed E-state index contributed by atoms with van der Waals surface area (Å²) in [6.07, 6.45) is 2.87. The van der Waals surface area contributed by atoms with Crippen LogP contribution in [0.5, 0.6) is 0 Å². The summed E-state index contributed by atoms with van der Waals surface area (Å²) in [7, 11) is 0. The minimum absolute atomic E-state index is 0.822. The Kier molecular flexibility index (Phi) is 4.02. The molecule has 1 aromatic heterocycles. The van der Waals surface area contributed by atoms with Crippen LogP contribution < -0.4 is 5.32 Å². The van der Waals surface area contributed by atoms with Crippen LogP contribution in [-0.2, 0) is 25.8 Å². The second-order valence-electron chi connectivity index (χ2n) is 5.96. The molecule has 0 unspecified atom stereocenters. The molecule has 0 bridgehead atoms. The fourth-order valence-corrected chi connectivity index (χ4v) is 3.22. The SMILES string of the molecule is CCc1nc(Cc2cc(C)cc(C)c2)nc2c1CCNC2. The Morgan fingerprint density at radius 1 is 1.10 bits per heavy atom. The summed E-state index contributed by atoms with van der Waals surface area (Å²) in [6.45, 7) is 8.40. The summed E-state index contributed by atoms with van der Waals surface area (Å²) in [5.41, 5.74) is 7.73. The highest BCUT2D eigenvalue weighted by molar-refractivity contribution is 5.33. The van der Waals surface area contributed by atoms with E-state index in [9.17, 15) is 0 Å². The van der Waals surface area contributed by atoms with Crippen molar-refractivity contribution in [1.29, 1.82) is 0 Å². The Morgan fingerprint density at radius 2 is 1.86 bits per heavy atom. The fourth-order valence-electron chi connectivity index (χ4n) is 3.22. The predicted octanol–water partition coefficient (Wildman–Crippen LogP) is 2.89. The van der Waals surface area contributed by atoms with Crippen LogP contribution in [0.2, 0.25) is 0 Å². The molecule has 3 nitrogen and oxygen atoms in total. The summed E-state index contributed by atoms with van der Waals surface area (Å²) in [5, 5.41) is 3.41. The standard InChI is InChI=1S/C18H23N3/c1-4-16-15-5-6-19-11-17(15)21-18(20-16)10-14-8-12(2)7-13(3)9-14/h7-9,19H,4-6,10-11H2,1-3H3. The first-order chi connectivity index (χ1) is 10.2. The van der Waals surface area contributed by atoms with Crippen LogP contribution in [0.4, 0.5) is 0 Å². The van der Waals surface area contributed by atoms with Gasteiger partial charge in [-0.2, -0.15) is 0 Å². The van der Waals surface area contributed by atoms with Gasteiger partial charge < -0.3 is 5.32 Å². The van der Waals surface area contributed by atoms with Gasteiger partial charge in [0.25, 0.3) is 0 Å². The smallest absolute Gasteiger partial charge is 0.133 e. The highest BCUT2D eigenvalue weighted by Crippen LogP contribution is 2.18. The Morgan fingerprint density at radius 3 is 2.57 bits per heavy atom. The van der Waals surface area contributed by atoms with E-state index in [1.165, 1.54) is 33.6 Å². The van der Waals surface area contributed by atoms with Crippen molar-refractivity contribution in [2.24, 2.45) is 0 Å². The number of benzene rings is 1. The van der Waals surface area contributed by atoms with Crippen LogP contribution >= 0.6 is 0 Å². The van der Waals surface area contributed by atoms with Gasteiger partial charge in [-0.25, -0.2) is 9.97 Å². The maximum Gasteiger partial charge on any atom is 0.133 e. The van der Waals surface area contributed by atoms with Crippen molar-refractivity contribution in [2.45, 2.75) is 46.6 Å². The molecule has 1 aliphatic heterocycles. The molecule has 1 aromatic carbocycles. The quantitative estimate of drug-likeness (QED) is 0.940. The van der Waals surface area contributed by atoms with Gasteiger partial charge in [0.15, 0.2) is 0 Å². The van der Waals surface area contributed by atoms with Crippen molar-refractivity contribution in [3.8, 4) is 0 Å². The van der Waals surface area contributed by atoms with Crippen molar-refractivity contribution in [3.05, 3.63) is 57.7 Å². The minimum atomic E-state index is 0.822. The molecule has 0 amide bonds. The topological polar surface area (TPSA) is 37.8 Å². The highest BCUT2D eigenvalue weighted by atomic mass is 15.0. The third-order valence-electron chi connectivity index (χ3n) is 4.05. The van der Waals surface area contributed by atoms with Gasteiger partial charge in [0.2, 0.25) is 0 Å². The largest absolute Gasteiger partial charge is 0.311 e. The second kappa shape index (κ2) is 5.94. The third-order valence-corrected chi connectivity index (χ3v) is 4.05. The molecule has 0 fully saturated rings. The number of aromatic nitrogens is 2. The van der Waals surface area contributed by atoms with Crippen LogP contribution in [0.3, 0.4) is 0 Å². The molecule has 3 heteroatoms. The second-order valence-corrected chi connectivity index (χ2v) is 5.96. The molecule has 110 valence electrons. The maximum absolute atomic E-state index is 4.82. The maximum atomic E-state index is 4.82. The lowest BCUT2D eigenvalue weighted by Gasteiger charge is -2.19. The molecule has 1 N–H and O–H groups in total. The Balaban J connectivity index is 1.95. The van der Waals surface area contributed by atoms with Crippen LogP contribution in [0.15, 0.2) is 18.2 Å². The Labute approximate surface area is 126 Å². The minimum Gasteiger partial charge on any atom is -0.311 e. The lowest BCUT2D eigenvalue weighted by atomic mass is 10.0. The van der Waals surface area contributed by atoms with Crippen molar-refractivity contribution in [1.82, 2.24) is 15.3 Å². The van der Waals surface area contributed by atoms with Gasteiger partial charge in [0.1, 0.15) is 5.82 Å². The molecule has 2 heterocycles. The molecule has 0 atom stereocenters. The van der Waals surface area contributed by atoms with E-state index in [1.807, 2.05) is 0 Å². The van der Waals surface area contributed by atoms with Crippen LogP contribution in [0, 0.1) is 13.8 Å². The number of nitrogens with zero attached hydrogens (tertiary/aromatic N) is 2. The molecular weight excluding hydrogens is 258 g/mol. The summed E-state index contributed by atoms with van der Waals surface area (Å²) < 4.78 is 0. The first-order valence-corrected chi connectivity index (χ1v) is 7.81. The summed E-state index contributed by atoms with van der Waals surface area (Å²) >= 11 is 0. The zero-order valence-corrected chi connectivity index (χ0v) is 13.2. The number of rotatable bonds is 3. The van der Waals surface area contributed by atoms with Crippen LogP contribution in [0.25, 0.3) is 0 Å². The number of fused-ring (bicyclic) bond motifs is 1. The van der Waals surface area contributed by atoms with Gasteiger partial charge >= 0.3 is 0 Å². The van der Waals surface area contributed by atoms with Crippen molar-refractivity contribution >= 4 is 0 Å². The molecule has 0 saturated heterocycles. The van der Waals surface area contributed by atoms with Gasteiger partial charge in [0, 0.05) is 18.7 Å². The molecular formula is C18H23N3. The first-order valence-electron chi connectivity index (χ1n) is 7.81. The van der Waals surface area contributed by atoms with E-state index in [2.05, 4.69) is 44.3 Å². The van der Waals surface area contributed by atoms with E-state index < -0.39 is 0 Å². The zero-order chi connectivity index (χ0) is 14.8. The number of aryl methyl sites for hydroxylation is 3. The van der Waals surface area contributed by atoms with Gasteiger partial charge in [-0.15, -0.1) is 0 Å². The molecule has 0 aliphatic carbocycles. The van der Waals surface area contributed by atoms with Crippen molar-refractivity contribution in [2.75, 3.05) is 6.54 Å². The third kappa shape index (κ3) is 3.13. The average Bonchev–Trinajstić information content (AvgIpc) is 2.45. The molecule has 0 saturated carbocycles. The Hall–Kier alpha value is -1.74. The van der Waals surface area contributed by atoms with E-state index in [0.29, 0.717) is 0 Å². The molecule has 1 aliphatic rings. The lowest BCUT2D eigenvalue weighted by molar-refractivity contribution is 0.610. The van der Waals surface area contributed by atoms with Crippen LogP contribution in [0.1, 0.15) is 46.4 Å². The predicted molar refractivity (Wildman–Crippen MR) is 85.5 cm³/mol. The van der Waals surface area contributed by atoms with E-state index in [1.54, 1.807) is 0 Å². The zero-order valence-electron chi connectivity index (χ0n) is 13.2. The average molecular weight is 281 g/mol. The van der Waals surface area contributed by atoms with Crippen molar-refractivity contribution in [3.63, 3.8) is 0 Å². The van der Waals surface area contributed by atoms with Gasteiger partial charge in [-0.1, -0.05) is 36.2 Å². The summed E-state index contributed by atoms with van der Waals surface area (Å²) in [6, 6.07) is 6.68. The fraction of sp³-hybridized carbons (Fsp3) is 0.444. The lowest BCUT2D eigenvalue weighted by Crippen LogP contribution is -2.27. The molecule has 2 aromatic rings. The van der Waals surface area contributed by atoms with Crippen LogP contribution in [-0.4, -0.2) is 16.5 Å². The van der Waals surface area contributed by atoms with E-state index in [0.717, 1.165) is 38.2 Å². The highest BCUT2D eigenvalue weighted by Gasteiger charge is 2.16. The van der Waals surface area contributed by atoms with Gasteiger partial charge in [-0.3, -0.25) is 0 Å². The number of hydrogen-bond donors (Lipinski definition) is 1. The Bertz CT molecular complexity index is 624. The van der Waals surface area contributed by atoms with E-state index >= 15 is 0 Å². The molecule has 21 heavy (non-hydrogen) atoms. The summed E-state index contributed by atoms with van der Waals surface area (Å²) in [4.78, 5) is 9.62. The number of nitrogens with one attached hydrogen (secondary N) is 1. The van der Waals surface area contributed by atoms with E-state index in [4.69, 9.17) is 9.97 Å². The molecule has 3 rings (SSSR count). The monoisotopic (exact) mass is 281 g/mol. The van der Waals surface area contributed by atoms with Crippen molar-refractivity contribution < 1.29 is 0 Å². The normalized spacial score (nSPS) is 14.0. The number of hydrogen-bond acceptors (Lipinski definition) is 3. The van der Waals surface area contributed by atoms with Gasteiger partial charge in [0.05, 0.1) is 5.69 Å². The molecule has 0 radical (unpaired) electrons. The first kappa shape index (κ1) is 14.2. The van der Waals surface area contributed by atoms with E-state index in [-0.39, 0.29) is 0 Å². The van der Waals surface area contributed by atoms with Gasteiger partial charge in [-0.05, 0) is 44.4 Å². The molecule has 0 spiro atoms.